The summed E-state index contributed by atoms with van der Waals surface area (Å²) >= 11 is 3.11. The van der Waals surface area contributed by atoms with Gasteiger partial charge in [-0.15, -0.1) is 0 Å². The van der Waals surface area contributed by atoms with Crippen molar-refractivity contribution in [3.63, 3.8) is 0 Å². The molecule has 1 heterocycles. The van der Waals surface area contributed by atoms with Gasteiger partial charge < -0.3 is 9.52 Å². The van der Waals surface area contributed by atoms with Gasteiger partial charge in [-0.05, 0) is 30.3 Å². The number of hydrogen-bond donors (Lipinski definition) is 1. The highest BCUT2D eigenvalue weighted by Crippen LogP contribution is 2.36. The second kappa shape index (κ2) is 4.73. The monoisotopic (exact) mass is 334 g/mol. The smallest absolute Gasteiger partial charge is 0.416 e. The maximum atomic E-state index is 12.6. The third-order valence-electron chi connectivity index (χ3n) is 2.38. The molecule has 1 N–H and O–H groups in total. The maximum Gasteiger partial charge on any atom is 0.416 e. The number of hydrogen-bond acceptors (Lipinski definition) is 2. The van der Waals surface area contributed by atoms with Gasteiger partial charge in [0.05, 0.1) is 5.56 Å². The summed E-state index contributed by atoms with van der Waals surface area (Å²) in [5.74, 6) is -1.57. The number of carbonyl (C=O) groups is 1. The van der Waals surface area contributed by atoms with Gasteiger partial charge in [0, 0.05) is 10.0 Å². The first kappa shape index (κ1) is 13.7. The van der Waals surface area contributed by atoms with Crippen molar-refractivity contribution < 1.29 is 27.5 Å². The summed E-state index contributed by atoms with van der Waals surface area (Å²) in [5, 5.41) is 8.71. The summed E-state index contributed by atoms with van der Waals surface area (Å²) in [6.07, 6.45) is -4.47. The average molecular weight is 335 g/mol. The molecule has 19 heavy (non-hydrogen) atoms. The Morgan fingerprint density at radius 1 is 1.21 bits per heavy atom. The predicted octanol–water partition coefficient (Wildman–Crippen LogP) is 4.43. The summed E-state index contributed by atoms with van der Waals surface area (Å²) in [5.41, 5.74) is -0.693. The highest BCUT2D eigenvalue weighted by molar-refractivity contribution is 9.10. The Morgan fingerprint density at radius 2 is 1.89 bits per heavy atom. The SMILES string of the molecule is O=C(O)c1ccc(-c2cc(C(F)(F)F)ccc2Br)o1. The van der Waals surface area contributed by atoms with Crippen molar-refractivity contribution >= 4 is 21.9 Å². The summed E-state index contributed by atoms with van der Waals surface area (Å²) in [4.78, 5) is 10.7. The van der Waals surface area contributed by atoms with E-state index in [2.05, 4.69) is 15.9 Å². The van der Waals surface area contributed by atoms with Crippen LogP contribution in [0.15, 0.2) is 39.2 Å². The number of furan rings is 1. The Labute approximate surface area is 113 Å². The number of rotatable bonds is 2. The van der Waals surface area contributed by atoms with E-state index < -0.39 is 17.7 Å². The molecule has 0 atom stereocenters. The lowest BCUT2D eigenvalue weighted by Gasteiger charge is -2.09. The molecule has 0 radical (unpaired) electrons. The molecular formula is C12H6BrF3O3. The molecule has 0 aliphatic rings. The second-order valence-electron chi connectivity index (χ2n) is 3.66. The van der Waals surface area contributed by atoms with Crippen LogP contribution < -0.4 is 0 Å². The molecule has 1 aromatic carbocycles. The fourth-order valence-electron chi connectivity index (χ4n) is 1.49. The van der Waals surface area contributed by atoms with Crippen molar-refractivity contribution in [2.75, 3.05) is 0 Å². The first-order chi connectivity index (χ1) is 8.79. The van der Waals surface area contributed by atoms with E-state index in [4.69, 9.17) is 9.52 Å². The van der Waals surface area contributed by atoms with E-state index in [0.717, 1.165) is 12.1 Å². The van der Waals surface area contributed by atoms with Crippen molar-refractivity contribution in [2.45, 2.75) is 6.18 Å². The van der Waals surface area contributed by atoms with Crippen LogP contribution in [0.1, 0.15) is 16.1 Å². The van der Waals surface area contributed by atoms with E-state index in [1.165, 1.54) is 18.2 Å². The number of alkyl halides is 3. The van der Waals surface area contributed by atoms with Gasteiger partial charge in [-0.25, -0.2) is 4.79 Å². The zero-order chi connectivity index (χ0) is 14.2. The van der Waals surface area contributed by atoms with Crippen molar-refractivity contribution in [3.05, 3.63) is 46.1 Å². The van der Waals surface area contributed by atoms with Gasteiger partial charge in [0.25, 0.3) is 0 Å². The zero-order valence-corrected chi connectivity index (χ0v) is 10.7. The zero-order valence-electron chi connectivity index (χ0n) is 9.16. The molecule has 0 amide bonds. The van der Waals surface area contributed by atoms with Crippen LogP contribution in [-0.2, 0) is 6.18 Å². The first-order valence-electron chi connectivity index (χ1n) is 4.99. The van der Waals surface area contributed by atoms with Gasteiger partial charge in [-0.3, -0.25) is 0 Å². The lowest BCUT2D eigenvalue weighted by molar-refractivity contribution is -0.137. The highest BCUT2D eigenvalue weighted by Gasteiger charge is 2.31. The number of carboxylic acid groups (broad SMARTS) is 1. The normalized spacial score (nSPS) is 11.6. The fraction of sp³-hybridized carbons (Fsp3) is 0.0833. The molecule has 0 bridgehead atoms. The van der Waals surface area contributed by atoms with Crippen molar-refractivity contribution in [2.24, 2.45) is 0 Å². The minimum absolute atomic E-state index is 0.0513. The maximum absolute atomic E-state index is 12.6. The van der Waals surface area contributed by atoms with Gasteiger partial charge in [0.2, 0.25) is 5.76 Å². The quantitative estimate of drug-likeness (QED) is 0.884. The van der Waals surface area contributed by atoms with Gasteiger partial charge in [-0.1, -0.05) is 15.9 Å². The van der Waals surface area contributed by atoms with Crippen molar-refractivity contribution in [1.82, 2.24) is 0 Å². The summed E-state index contributed by atoms with van der Waals surface area (Å²) in [6.45, 7) is 0. The van der Waals surface area contributed by atoms with E-state index in [0.29, 0.717) is 4.47 Å². The molecule has 0 unspecified atom stereocenters. The molecule has 7 heteroatoms. The molecule has 3 nitrogen and oxygen atoms in total. The minimum atomic E-state index is -4.47. The van der Waals surface area contributed by atoms with E-state index in [1.807, 2.05) is 0 Å². The van der Waals surface area contributed by atoms with Gasteiger partial charge in [0.15, 0.2) is 0 Å². The first-order valence-corrected chi connectivity index (χ1v) is 5.78. The van der Waals surface area contributed by atoms with E-state index in [9.17, 15) is 18.0 Å². The third-order valence-corrected chi connectivity index (χ3v) is 3.07. The Balaban J connectivity index is 2.51. The number of benzene rings is 1. The number of aromatic carboxylic acids is 1. The van der Waals surface area contributed by atoms with Crippen LogP contribution in [0, 0.1) is 0 Å². The summed E-state index contributed by atoms with van der Waals surface area (Å²) in [7, 11) is 0. The fourth-order valence-corrected chi connectivity index (χ4v) is 1.93. The molecule has 1 aromatic heterocycles. The Kier molecular flexibility index (Phi) is 3.40. The Bertz CT molecular complexity index is 631. The molecular weight excluding hydrogens is 329 g/mol. The third kappa shape index (κ3) is 2.81. The van der Waals surface area contributed by atoms with Crippen molar-refractivity contribution in [3.8, 4) is 11.3 Å². The molecule has 0 aliphatic heterocycles. The van der Waals surface area contributed by atoms with E-state index in [1.54, 1.807) is 0 Å². The predicted molar refractivity (Wildman–Crippen MR) is 63.8 cm³/mol. The minimum Gasteiger partial charge on any atom is -0.475 e. The molecule has 0 spiro atoms. The van der Waals surface area contributed by atoms with Crippen LogP contribution >= 0.6 is 15.9 Å². The Morgan fingerprint density at radius 3 is 2.42 bits per heavy atom. The van der Waals surface area contributed by atoms with Crippen LogP contribution in [0.4, 0.5) is 13.2 Å². The van der Waals surface area contributed by atoms with Crippen LogP contribution in [0.2, 0.25) is 0 Å². The molecule has 100 valence electrons. The average Bonchev–Trinajstić information content (AvgIpc) is 2.77. The second-order valence-corrected chi connectivity index (χ2v) is 4.52. The van der Waals surface area contributed by atoms with Gasteiger partial charge in [-0.2, -0.15) is 13.2 Å². The number of carboxylic acids is 1. The summed E-state index contributed by atoms with van der Waals surface area (Å²) in [6, 6.07) is 5.55. The van der Waals surface area contributed by atoms with Crippen LogP contribution in [-0.4, -0.2) is 11.1 Å². The van der Waals surface area contributed by atoms with E-state index >= 15 is 0 Å². The largest absolute Gasteiger partial charge is 0.475 e. The lowest BCUT2D eigenvalue weighted by atomic mass is 10.1. The van der Waals surface area contributed by atoms with Gasteiger partial charge >= 0.3 is 12.1 Å². The molecule has 0 saturated heterocycles. The molecule has 2 rings (SSSR count). The molecule has 0 aliphatic carbocycles. The highest BCUT2D eigenvalue weighted by atomic mass is 79.9. The molecule has 0 saturated carbocycles. The number of halogens is 4. The van der Waals surface area contributed by atoms with Crippen LogP contribution in [0.25, 0.3) is 11.3 Å². The van der Waals surface area contributed by atoms with Crippen molar-refractivity contribution in [1.29, 1.82) is 0 Å². The van der Waals surface area contributed by atoms with Crippen LogP contribution in [0.5, 0.6) is 0 Å². The van der Waals surface area contributed by atoms with Crippen LogP contribution in [0.3, 0.4) is 0 Å². The molecule has 0 fully saturated rings. The summed E-state index contributed by atoms with van der Waals surface area (Å²) < 4.78 is 43.2. The van der Waals surface area contributed by atoms with Gasteiger partial charge in [0.1, 0.15) is 5.76 Å². The standard InChI is InChI=1S/C12H6BrF3O3/c13-8-2-1-6(12(14,15)16)5-7(8)9-3-4-10(19-9)11(17)18/h1-5H,(H,17,18). The molecule has 2 aromatic rings. The lowest BCUT2D eigenvalue weighted by Crippen LogP contribution is -2.04. The van der Waals surface area contributed by atoms with E-state index in [-0.39, 0.29) is 17.1 Å². The Hall–Kier alpha value is -1.76. The topological polar surface area (TPSA) is 50.4 Å².